The fourth-order valence-corrected chi connectivity index (χ4v) is 6.54. The maximum atomic E-state index is 13.3. The molecular formula is C21H22N2O5S2. The summed E-state index contributed by atoms with van der Waals surface area (Å²) in [6.45, 7) is 1.01. The van der Waals surface area contributed by atoms with Gasteiger partial charge in [-0.1, -0.05) is 18.2 Å². The number of nitrogens with zero attached hydrogens (tertiary/aromatic N) is 2. The van der Waals surface area contributed by atoms with Gasteiger partial charge in [0.1, 0.15) is 0 Å². The number of para-hydroxylation sites is 1. The number of sulfone groups is 1. The predicted molar refractivity (Wildman–Crippen MR) is 114 cm³/mol. The Morgan fingerprint density at radius 3 is 2.17 bits per heavy atom. The highest BCUT2D eigenvalue weighted by molar-refractivity contribution is 7.94. The minimum absolute atomic E-state index is 0.149. The molecule has 9 heteroatoms. The van der Waals surface area contributed by atoms with Gasteiger partial charge in [0.05, 0.1) is 16.7 Å². The molecule has 7 nitrogen and oxygen atoms in total. The number of hydrogen-bond acceptors (Lipinski definition) is 5. The SMILES string of the molecule is O=C(c1ccc(S(=O)(=O)N2CCCC2)cc1)N(c1ccccc1)[C@H]1C=CS(=O)(=O)C1. The molecular weight excluding hydrogens is 424 g/mol. The van der Waals surface area contributed by atoms with Gasteiger partial charge >= 0.3 is 0 Å². The monoisotopic (exact) mass is 446 g/mol. The van der Waals surface area contributed by atoms with Crippen LogP contribution < -0.4 is 4.90 Å². The Balaban J connectivity index is 1.64. The molecule has 2 aliphatic heterocycles. The predicted octanol–water partition coefficient (Wildman–Crippen LogP) is 2.43. The van der Waals surface area contributed by atoms with E-state index in [0.29, 0.717) is 18.8 Å². The Kier molecular flexibility index (Phi) is 5.52. The number of hydrogen-bond donors (Lipinski definition) is 0. The number of benzene rings is 2. The lowest BCUT2D eigenvalue weighted by Crippen LogP contribution is -2.41. The van der Waals surface area contributed by atoms with Crippen molar-refractivity contribution in [2.75, 3.05) is 23.7 Å². The molecule has 0 aromatic heterocycles. The van der Waals surface area contributed by atoms with Crippen LogP contribution in [0.15, 0.2) is 71.0 Å². The molecule has 0 unspecified atom stereocenters. The van der Waals surface area contributed by atoms with E-state index in [2.05, 4.69) is 0 Å². The third-order valence-corrected chi connectivity index (χ3v) is 8.59. The smallest absolute Gasteiger partial charge is 0.258 e. The Morgan fingerprint density at radius 2 is 1.60 bits per heavy atom. The zero-order chi connectivity index (χ0) is 21.4. The molecule has 0 spiro atoms. The average Bonchev–Trinajstić information content (AvgIpc) is 3.39. The van der Waals surface area contributed by atoms with E-state index >= 15 is 0 Å². The normalized spacial score (nSPS) is 21.0. The van der Waals surface area contributed by atoms with E-state index in [1.165, 1.54) is 39.5 Å². The van der Waals surface area contributed by atoms with E-state index in [1.807, 2.05) is 6.07 Å². The van der Waals surface area contributed by atoms with Crippen molar-refractivity contribution >= 4 is 31.5 Å². The highest BCUT2D eigenvalue weighted by Gasteiger charge is 2.32. The van der Waals surface area contributed by atoms with E-state index in [0.717, 1.165) is 18.2 Å². The van der Waals surface area contributed by atoms with Crippen LogP contribution in [0.2, 0.25) is 0 Å². The summed E-state index contributed by atoms with van der Waals surface area (Å²) in [5.74, 6) is -0.576. The quantitative estimate of drug-likeness (QED) is 0.703. The van der Waals surface area contributed by atoms with Crippen LogP contribution in [0.4, 0.5) is 5.69 Å². The molecule has 2 aliphatic rings. The number of amides is 1. The Hall–Kier alpha value is -2.49. The van der Waals surface area contributed by atoms with Crippen LogP contribution >= 0.6 is 0 Å². The Morgan fingerprint density at radius 1 is 0.967 bits per heavy atom. The average molecular weight is 447 g/mol. The first kappa shape index (κ1) is 20.8. The molecule has 4 rings (SSSR count). The summed E-state index contributed by atoms with van der Waals surface area (Å²) in [6.07, 6.45) is 3.20. The first-order valence-corrected chi connectivity index (χ1v) is 12.8. The number of anilines is 1. The third kappa shape index (κ3) is 4.05. The van der Waals surface area contributed by atoms with Gasteiger partial charge < -0.3 is 4.90 Å². The fourth-order valence-electron chi connectivity index (χ4n) is 3.75. The van der Waals surface area contributed by atoms with E-state index in [4.69, 9.17) is 0 Å². The topological polar surface area (TPSA) is 91.8 Å². The molecule has 158 valence electrons. The van der Waals surface area contributed by atoms with Crippen molar-refractivity contribution in [2.45, 2.75) is 23.8 Å². The van der Waals surface area contributed by atoms with Crippen molar-refractivity contribution in [3.05, 3.63) is 71.6 Å². The van der Waals surface area contributed by atoms with Gasteiger partial charge in [-0.2, -0.15) is 4.31 Å². The van der Waals surface area contributed by atoms with Gasteiger partial charge in [0, 0.05) is 29.7 Å². The largest absolute Gasteiger partial charge is 0.300 e. The number of carbonyl (C=O) groups excluding carboxylic acids is 1. The molecule has 0 bridgehead atoms. The standard InChI is InChI=1S/C21H22N2O5S2/c24-21(17-8-10-20(11-9-17)30(27,28)22-13-4-5-14-22)23(18-6-2-1-3-7-18)19-12-15-29(25,26)16-19/h1-3,6-12,15,19H,4-5,13-14,16H2/t19-/m0/s1. The molecule has 1 saturated heterocycles. The summed E-state index contributed by atoms with van der Waals surface area (Å²) in [5.41, 5.74) is 0.861. The van der Waals surface area contributed by atoms with Crippen molar-refractivity contribution in [1.82, 2.24) is 4.31 Å². The first-order chi connectivity index (χ1) is 14.3. The summed E-state index contributed by atoms with van der Waals surface area (Å²) >= 11 is 0. The second kappa shape index (κ2) is 7.98. The second-order valence-electron chi connectivity index (χ2n) is 7.37. The summed E-state index contributed by atoms with van der Waals surface area (Å²) < 4.78 is 50.7. The van der Waals surface area contributed by atoms with E-state index in [-0.39, 0.29) is 16.2 Å². The zero-order valence-corrected chi connectivity index (χ0v) is 17.8. The second-order valence-corrected chi connectivity index (χ2v) is 11.2. The van der Waals surface area contributed by atoms with Crippen molar-refractivity contribution in [3.63, 3.8) is 0 Å². The van der Waals surface area contributed by atoms with Crippen LogP contribution in [0.25, 0.3) is 0 Å². The molecule has 1 atom stereocenters. The molecule has 2 heterocycles. The summed E-state index contributed by atoms with van der Waals surface area (Å²) in [5, 5.41) is 1.13. The molecule has 2 aromatic rings. The number of sulfonamides is 1. The molecule has 0 saturated carbocycles. The van der Waals surface area contributed by atoms with Gasteiger partial charge in [0.15, 0.2) is 9.84 Å². The lowest BCUT2D eigenvalue weighted by Gasteiger charge is -2.28. The van der Waals surface area contributed by atoms with E-state index in [9.17, 15) is 21.6 Å². The van der Waals surface area contributed by atoms with E-state index < -0.39 is 31.8 Å². The summed E-state index contributed by atoms with van der Waals surface area (Å²) in [6, 6.07) is 14.0. The highest BCUT2D eigenvalue weighted by atomic mass is 32.2. The third-order valence-electron chi connectivity index (χ3n) is 5.30. The maximum Gasteiger partial charge on any atom is 0.258 e. The van der Waals surface area contributed by atoms with Crippen molar-refractivity contribution in [3.8, 4) is 0 Å². The van der Waals surface area contributed by atoms with Crippen LogP contribution in [-0.4, -0.2) is 51.9 Å². The van der Waals surface area contributed by atoms with Crippen LogP contribution in [-0.2, 0) is 19.9 Å². The van der Waals surface area contributed by atoms with Crippen molar-refractivity contribution < 1.29 is 21.6 Å². The van der Waals surface area contributed by atoms with Crippen molar-refractivity contribution in [2.24, 2.45) is 0 Å². The van der Waals surface area contributed by atoms with Gasteiger partial charge in [-0.05, 0) is 55.3 Å². The Labute approximate surface area is 176 Å². The van der Waals surface area contributed by atoms with Gasteiger partial charge in [-0.3, -0.25) is 4.79 Å². The zero-order valence-electron chi connectivity index (χ0n) is 16.2. The van der Waals surface area contributed by atoms with Gasteiger partial charge in [0.25, 0.3) is 5.91 Å². The number of carbonyl (C=O) groups is 1. The lowest BCUT2D eigenvalue weighted by molar-refractivity contribution is 0.0983. The fraction of sp³-hybridized carbons (Fsp3) is 0.286. The van der Waals surface area contributed by atoms with Gasteiger partial charge in [-0.25, -0.2) is 16.8 Å². The molecule has 1 amide bonds. The van der Waals surface area contributed by atoms with Crippen LogP contribution in [0.1, 0.15) is 23.2 Å². The number of rotatable bonds is 5. The van der Waals surface area contributed by atoms with Gasteiger partial charge in [0.2, 0.25) is 10.0 Å². The van der Waals surface area contributed by atoms with Crippen LogP contribution in [0.3, 0.4) is 0 Å². The highest BCUT2D eigenvalue weighted by Crippen LogP contribution is 2.26. The molecule has 30 heavy (non-hydrogen) atoms. The van der Waals surface area contributed by atoms with Crippen molar-refractivity contribution in [1.29, 1.82) is 0 Å². The molecule has 0 N–H and O–H groups in total. The molecule has 0 aliphatic carbocycles. The maximum absolute atomic E-state index is 13.3. The minimum Gasteiger partial charge on any atom is -0.300 e. The molecule has 1 fully saturated rings. The van der Waals surface area contributed by atoms with Gasteiger partial charge in [-0.15, -0.1) is 0 Å². The summed E-state index contributed by atoms with van der Waals surface area (Å²) in [4.78, 5) is 14.9. The summed E-state index contributed by atoms with van der Waals surface area (Å²) in [7, 11) is -6.93. The minimum atomic E-state index is -3.57. The molecule has 2 aromatic carbocycles. The molecule has 0 radical (unpaired) electrons. The first-order valence-electron chi connectivity index (χ1n) is 9.68. The van der Waals surface area contributed by atoms with Crippen LogP contribution in [0, 0.1) is 0 Å². The Bertz CT molecular complexity index is 1170. The van der Waals surface area contributed by atoms with E-state index in [1.54, 1.807) is 24.3 Å². The lowest BCUT2D eigenvalue weighted by atomic mass is 10.1. The van der Waals surface area contributed by atoms with Crippen LogP contribution in [0.5, 0.6) is 0 Å².